The number of halogens is 2. The summed E-state index contributed by atoms with van der Waals surface area (Å²) in [6.45, 7) is -0.112. The van der Waals surface area contributed by atoms with Crippen LogP contribution in [0.1, 0.15) is 5.56 Å². The summed E-state index contributed by atoms with van der Waals surface area (Å²) in [7, 11) is 0. The maximum Gasteiger partial charge on any atom is 0.230 e. The van der Waals surface area contributed by atoms with Gasteiger partial charge in [-0.1, -0.05) is 42.5 Å². The summed E-state index contributed by atoms with van der Waals surface area (Å²) in [5.74, 6) is -0.604. The number of carbonyl (C=O) groups excluding carboxylic acids is 1. The van der Waals surface area contributed by atoms with Gasteiger partial charge in [-0.25, -0.2) is 8.78 Å². The summed E-state index contributed by atoms with van der Waals surface area (Å²) in [5, 5.41) is 8.73. The van der Waals surface area contributed by atoms with Crippen molar-refractivity contribution < 1.29 is 23.4 Å². The Balaban J connectivity index is 1.80. The highest BCUT2D eigenvalue weighted by atomic mass is 32.2. The number of carbonyl (C=O) groups is 1. The van der Waals surface area contributed by atoms with Crippen LogP contribution in [0.3, 0.4) is 0 Å². The summed E-state index contributed by atoms with van der Waals surface area (Å²) in [6.07, 6.45) is -3.74. The number of rotatable bonds is 7. The van der Waals surface area contributed by atoms with E-state index in [2.05, 4.69) is 0 Å². The highest BCUT2D eigenvalue weighted by Crippen LogP contribution is 2.25. The lowest BCUT2D eigenvalue weighted by Crippen LogP contribution is -2.32. The quantitative estimate of drug-likeness (QED) is 0.787. The monoisotopic (exact) mass is 338 g/mol. The predicted molar refractivity (Wildman–Crippen MR) is 84.3 cm³/mol. The van der Waals surface area contributed by atoms with Crippen LogP contribution in [-0.4, -0.2) is 29.1 Å². The van der Waals surface area contributed by atoms with E-state index in [0.717, 1.165) is 5.56 Å². The van der Waals surface area contributed by atoms with Crippen LogP contribution in [0.25, 0.3) is 0 Å². The minimum absolute atomic E-state index is 0.0255. The highest BCUT2D eigenvalue weighted by molar-refractivity contribution is 8.13. The van der Waals surface area contributed by atoms with Gasteiger partial charge in [-0.3, -0.25) is 4.79 Å². The van der Waals surface area contributed by atoms with Crippen molar-refractivity contribution in [3.63, 3.8) is 0 Å². The van der Waals surface area contributed by atoms with Crippen LogP contribution in [0.15, 0.2) is 59.5 Å². The van der Waals surface area contributed by atoms with Gasteiger partial charge in [0.25, 0.3) is 0 Å². The molecule has 3 nitrogen and oxygen atoms in total. The zero-order chi connectivity index (χ0) is 16.7. The molecule has 2 atom stereocenters. The molecule has 0 bridgehead atoms. The van der Waals surface area contributed by atoms with E-state index >= 15 is 0 Å². The Hall–Kier alpha value is -1.76. The normalized spacial score (nSPS) is 13.5. The number of alkyl halides is 1. The van der Waals surface area contributed by atoms with E-state index in [1.165, 1.54) is 18.2 Å². The van der Waals surface area contributed by atoms with Gasteiger partial charge < -0.3 is 9.84 Å². The van der Waals surface area contributed by atoms with Crippen LogP contribution < -0.4 is 0 Å². The summed E-state index contributed by atoms with van der Waals surface area (Å²) in [6, 6.07) is 14.8. The molecule has 0 saturated carbocycles. The van der Waals surface area contributed by atoms with Crippen molar-refractivity contribution in [1.82, 2.24) is 0 Å². The first-order chi connectivity index (χ1) is 11.1. The Morgan fingerprint density at radius 1 is 1.13 bits per heavy atom. The Morgan fingerprint density at radius 3 is 2.48 bits per heavy atom. The number of hydrogen-bond acceptors (Lipinski definition) is 4. The molecule has 0 saturated heterocycles. The maximum atomic E-state index is 13.9. The first-order valence-electron chi connectivity index (χ1n) is 6.98. The molecule has 0 heterocycles. The fraction of sp³-hybridized carbons (Fsp3) is 0.235. The van der Waals surface area contributed by atoms with E-state index in [1.807, 2.05) is 30.3 Å². The fourth-order valence-corrected chi connectivity index (χ4v) is 2.60. The summed E-state index contributed by atoms with van der Waals surface area (Å²) in [5.41, 5.74) is 0.877. The molecule has 0 aliphatic rings. The van der Waals surface area contributed by atoms with Crippen LogP contribution in [0.2, 0.25) is 0 Å². The summed E-state index contributed by atoms with van der Waals surface area (Å²) in [4.78, 5) is 11.8. The molecule has 0 amide bonds. The van der Waals surface area contributed by atoms with Gasteiger partial charge in [0.15, 0.2) is 6.17 Å². The third-order valence-electron chi connectivity index (χ3n) is 3.01. The van der Waals surface area contributed by atoms with Gasteiger partial charge in [-0.2, -0.15) is 0 Å². The van der Waals surface area contributed by atoms with Crippen molar-refractivity contribution in [2.24, 2.45) is 0 Å². The molecule has 0 fully saturated rings. The molecule has 0 radical (unpaired) electrons. The zero-order valence-electron chi connectivity index (χ0n) is 12.2. The molecule has 23 heavy (non-hydrogen) atoms. The Labute approximate surface area is 137 Å². The average Bonchev–Trinajstić information content (AvgIpc) is 2.57. The number of benzene rings is 2. The molecule has 0 aromatic heterocycles. The van der Waals surface area contributed by atoms with E-state index in [9.17, 15) is 18.7 Å². The third-order valence-corrected chi connectivity index (χ3v) is 3.99. The van der Waals surface area contributed by atoms with E-state index in [1.54, 1.807) is 6.07 Å². The molecule has 122 valence electrons. The van der Waals surface area contributed by atoms with Crippen molar-refractivity contribution in [2.75, 3.05) is 6.61 Å². The second-order valence-electron chi connectivity index (χ2n) is 4.82. The molecular formula is C17H16F2O3S. The number of hydrogen-bond donors (Lipinski definition) is 1. The van der Waals surface area contributed by atoms with Crippen molar-refractivity contribution in [2.45, 2.75) is 23.8 Å². The lowest BCUT2D eigenvalue weighted by Gasteiger charge is -2.15. The summed E-state index contributed by atoms with van der Waals surface area (Å²) < 4.78 is 32.5. The fourth-order valence-electron chi connectivity index (χ4n) is 1.81. The van der Waals surface area contributed by atoms with Crippen LogP contribution >= 0.6 is 11.8 Å². The number of thioether (sulfide) groups is 1. The third kappa shape index (κ3) is 5.42. The average molecular weight is 338 g/mol. The minimum atomic E-state index is -2.14. The van der Waals surface area contributed by atoms with Gasteiger partial charge in [0, 0.05) is 0 Å². The van der Waals surface area contributed by atoms with Gasteiger partial charge in [0.2, 0.25) is 5.12 Å². The van der Waals surface area contributed by atoms with Gasteiger partial charge >= 0.3 is 0 Å². The standard InChI is InChI=1S/C17H16F2O3S/c18-13-8-4-5-9-15(13)23-17(21)16(19)14(20)11-22-10-12-6-2-1-3-7-12/h1-9,14,16,20H,10-11H2/t14-,16-/m0/s1. The zero-order valence-corrected chi connectivity index (χ0v) is 13.0. The molecular weight excluding hydrogens is 322 g/mol. The van der Waals surface area contributed by atoms with Gasteiger partial charge in [0.1, 0.15) is 11.9 Å². The summed E-state index contributed by atoms with van der Waals surface area (Å²) >= 11 is 0.432. The largest absolute Gasteiger partial charge is 0.387 e. The molecule has 2 aromatic carbocycles. The van der Waals surface area contributed by atoms with Crippen LogP contribution in [0.5, 0.6) is 0 Å². The minimum Gasteiger partial charge on any atom is -0.387 e. The van der Waals surface area contributed by atoms with E-state index in [0.29, 0.717) is 11.8 Å². The van der Waals surface area contributed by atoms with Crippen molar-refractivity contribution in [3.05, 3.63) is 66.0 Å². The van der Waals surface area contributed by atoms with E-state index < -0.39 is 23.2 Å². The molecule has 0 spiro atoms. The second kappa shape index (κ2) is 8.76. The van der Waals surface area contributed by atoms with Gasteiger partial charge in [0.05, 0.1) is 18.1 Å². The van der Waals surface area contributed by atoms with Crippen LogP contribution in [-0.2, 0) is 16.1 Å². The molecule has 2 rings (SSSR count). The van der Waals surface area contributed by atoms with Crippen molar-refractivity contribution in [3.8, 4) is 0 Å². The lowest BCUT2D eigenvalue weighted by atomic mass is 10.2. The van der Waals surface area contributed by atoms with Gasteiger partial charge in [-0.15, -0.1) is 0 Å². The van der Waals surface area contributed by atoms with E-state index in [-0.39, 0.29) is 18.1 Å². The second-order valence-corrected chi connectivity index (χ2v) is 5.87. The smallest absolute Gasteiger partial charge is 0.230 e. The molecule has 2 aromatic rings. The molecule has 6 heteroatoms. The van der Waals surface area contributed by atoms with Crippen molar-refractivity contribution in [1.29, 1.82) is 0 Å². The Morgan fingerprint density at radius 2 is 1.78 bits per heavy atom. The van der Waals surface area contributed by atoms with Crippen molar-refractivity contribution >= 4 is 16.9 Å². The molecule has 0 aliphatic carbocycles. The number of aliphatic hydroxyl groups excluding tert-OH is 1. The Kier molecular flexibility index (Phi) is 6.70. The maximum absolute atomic E-state index is 13.9. The van der Waals surface area contributed by atoms with Crippen LogP contribution in [0, 0.1) is 5.82 Å². The van der Waals surface area contributed by atoms with Crippen LogP contribution in [0.4, 0.5) is 8.78 Å². The lowest BCUT2D eigenvalue weighted by molar-refractivity contribution is -0.121. The van der Waals surface area contributed by atoms with Gasteiger partial charge in [-0.05, 0) is 29.5 Å². The first kappa shape index (κ1) is 17.6. The molecule has 0 aliphatic heterocycles. The Bertz CT molecular complexity index is 637. The highest BCUT2D eigenvalue weighted by Gasteiger charge is 2.28. The molecule has 0 unspecified atom stereocenters. The SMILES string of the molecule is O=C(Sc1ccccc1F)[C@@H](F)[C@@H](O)COCc1ccccc1. The molecule has 1 N–H and O–H groups in total. The first-order valence-corrected chi connectivity index (χ1v) is 7.79. The van der Waals surface area contributed by atoms with E-state index in [4.69, 9.17) is 4.74 Å². The topological polar surface area (TPSA) is 46.5 Å². The number of aliphatic hydroxyl groups is 1. The predicted octanol–water partition coefficient (Wildman–Crippen LogP) is 3.36. The number of ether oxygens (including phenoxy) is 1.